The van der Waals surface area contributed by atoms with Crippen molar-refractivity contribution in [3.63, 3.8) is 0 Å². The summed E-state index contributed by atoms with van der Waals surface area (Å²) in [7, 11) is 0. The molecule has 2 aromatic heterocycles. The lowest BCUT2D eigenvalue weighted by molar-refractivity contribution is 0.205. The SMILES string of the molecule is CC(C)n1ncc(Br)c1C(O)c1snnc1C(C)(C)C. The van der Waals surface area contributed by atoms with Crippen molar-refractivity contribution in [1.82, 2.24) is 19.4 Å². The van der Waals surface area contributed by atoms with Crippen LogP contribution < -0.4 is 0 Å². The zero-order chi connectivity index (χ0) is 15.1. The van der Waals surface area contributed by atoms with Crippen molar-refractivity contribution < 1.29 is 5.11 Å². The molecule has 0 aliphatic rings. The largest absolute Gasteiger partial charge is 0.381 e. The topological polar surface area (TPSA) is 63.8 Å². The predicted octanol–water partition coefficient (Wildman–Crippen LogP) is 3.46. The Kier molecular flexibility index (Phi) is 4.32. The quantitative estimate of drug-likeness (QED) is 0.912. The Bertz CT molecular complexity index is 600. The fourth-order valence-corrected chi connectivity index (χ4v) is 3.38. The van der Waals surface area contributed by atoms with Crippen LogP contribution in [-0.4, -0.2) is 24.5 Å². The molecule has 2 aromatic rings. The van der Waals surface area contributed by atoms with Crippen molar-refractivity contribution in [2.24, 2.45) is 0 Å². The molecule has 0 aliphatic carbocycles. The monoisotopic (exact) mass is 358 g/mol. The number of aliphatic hydroxyl groups excluding tert-OH is 1. The number of aliphatic hydroxyl groups is 1. The number of rotatable bonds is 3. The van der Waals surface area contributed by atoms with Crippen LogP contribution in [0.1, 0.15) is 63.0 Å². The summed E-state index contributed by atoms with van der Waals surface area (Å²) in [6, 6.07) is 0.171. The summed E-state index contributed by atoms with van der Waals surface area (Å²) < 4.78 is 6.63. The Balaban J connectivity index is 2.50. The Morgan fingerprint density at radius 1 is 1.35 bits per heavy atom. The van der Waals surface area contributed by atoms with Crippen molar-refractivity contribution >= 4 is 27.5 Å². The van der Waals surface area contributed by atoms with Crippen molar-refractivity contribution in [2.75, 3.05) is 0 Å². The highest BCUT2D eigenvalue weighted by Crippen LogP contribution is 2.36. The molecule has 0 radical (unpaired) electrons. The Morgan fingerprint density at radius 3 is 2.55 bits per heavy atom. The summed E-state index contributed by atoms with van der Waals surface area (Å²) in [5.41, 5.74) is 1.42. The Labute approximate surface area is 131 Å². The van der Waals surface area contributed by atoms with Crippen LogP contribution in [0.3, 0.4) is 0 Å². The van der Waals surface area contributed by atoms with E-state index in [4.69, 9.17) is 0 Å². The minimum Gasteiger partial charge on any atom is -0.381 e. The highest BCUT2D eigenvalue weighted by molar-refractivity contribution is 9.10. The van der Waals surface area contributed by atoms with Gasteiger partial charge in [-0.3, -0.25) is 4.68 Å². The molecule has 20 heavy (non-hydrogen) atoms. The second-order valence-electron chi connectivity index (χ2n) is 6.05. The molecular formula is C13H19BrN4OS. The minimum atomic E-state index is -0.775. The summed E-state index contributed by atoms with van der Waals surface area (Å²) in [5, 5.41) is 19.3. The van der Waals surface area contributed by atoms with E-state index in [9.17, 15) is 5.11 Å². The maximum absolute atomic E-state index is 10.8. The van der Waals surface area contributed by atoms with Gasteiger partial charge in [0.15, 0.2) is 0 Å². The summed E-state index contributed by atoms with van der Waals surface area (Å²) >= 11 is 4.71. The van der Waals surface area contributed by atoms with E-state index in [-0.39, 0.29) is 11.5 Å². The average molecular weight is 359 g/mol. The van der Waals surface area contributed by atoms with E-state index < -0.39 is 6.10 Å². The van der Waals surface area contributed by atoms with Gasteiger partial charge >= 0.3 is 0 Å². The molecule has 2 rings (SSSR count). The molecule has 0 aromatic carbocycles. The van der Waals surface area contributed by atoms with E-state index in [1.807, 2.05) is 18.5 Å². The summed E-state index contributed by atoms with van der Waals surface area (Å²) in [4.78, 5) is 0.778. The third-order valence-corrected chi connectivity index (χ3v) is 4.39. The number of aromatic nitrogens is 4. The second kappa shape index (κ2) is 5.54. The number of hydrogen-bond donors (Lipinski definition) is 1. The summed E-state index contributed by atoms with van der Waals surface area (Å²) in [6.07, 6.45) is 0.938. The molecule has 0 spiro atoms. The maximum atomic E-state index is 10.8. The fourth-order valence-electron chi connectivity index (χ4n) is 2.04. The molecule has 1 atom stereocenters. The highest BCUT2D eigenvalue weighted by Gasteiger charge is 2.30. The van der Waals surface area contributed by atoms with Crippen molar-refractivity contribution in [3.8, 4) is 0 Å². The zero-order valence-electron chi connectivity index (χ0n) is 12.3. The lowest BCUT2D eigenvalue weighted by atomic mass is 9.90. The second-order valence-corrected chi connectivity index (χ2v) is 7.69. The first kappa shape index (κ1) is 15.6. The van der Waals surface area contributed by atoms with E-state index in [2.05, 4.69) is 51.4 Å². The highest BCUT2D eigenvalue weighted by atomic mass is 79.9. The predicted molar refractivity (Wildman–Crippen MR) is 83.0 cm³/mol. The molecule has 0 saturated carbocycles. The van der Waals surface area contributed by atoms with Gasteiger partial charge < -0.3 is 5.11 Å². The van der Waals surface area contributed by atoms with Crippen LogP contribution in [0.2, 0.25) is 0 Å². The van der Waals surface area contributed by atoms with E-state index in [0.29, 0.717) is 0 Å². The molecule has 2 heterocycles. The third-order valence-electron chi connectivity index (χ3n) is 3.01. The van der Waals surface area contributed by atoms with Crippen molar-refractivity contribution in [1.29, 1.82) is 0 Å². The van der Waals surface area contributed by atoms with E-state index in [1.54, 1.807) is 6.20 Å². The Morgan fingerprint density at radius 2 is 2.00 bits per heavy atom. The van der Waals surface area contributed by atoms with Crippen LogP contribution in [0.4, 0.5) is 0 Å². The first-order chi connectivity index (χ1) is 9.23. The molecular weight excluding hydrogens is 340 g/mol. The van der Waals surface area contributed by atoms with Gasteiger partial charge in [-0.25, -0.2) is 0 Å². The average Bonchev–Trinajstić information content (AvgIpc) is 2.92. The summed E-state index contributed by atoms with van der Waals surface area (Å²) in [5.74, 6) is 0. The number of halogens is 1. The Hall–Kier alpha value is -0.790. The van der Waals surface area contributed by atoms with Gasteiger partial charge in [-0.1, -0.05) is 25.3 Å². The summed E-state index contributed by atoms with van der Waals surface area (Å²) in [6.45, 7) is 10.3. The lowest BCUT2D eigenvalue weighted by Crippen LogP contribution is -2.18. The van der Waals surface area contributed by atoms with Gasteiger partial charge in [0, 0.05) is 11.5 Å². The smallest absolute Gasteiger partial charge is 0.134 e. The molecule has 1 unspecified atom stereocenters. The van der Waals surface area contributed by atoms with Crippen molar-refractivity contribution in [2.45, 2.75) is 52.2 Å². The van der Waals surface area contributed by atoms with Crippen LogP contribution >= 0.6 is 27.5 Å². The van der Waals surface area contributed by atoms with Crippen LogP contribution in [0.5, 0.6) is 0 Å². The van der Waals surface area contributed by atoms with Gasteiger partial charge in [0.1, 0.15) is 6.10 Å². The van der Waals surface area contributed by atoms with Crippen LogP contribution in [0.25, 0.3) is 0 Å². The third kappa shape index (κ3) is 2.80. The van der Waals surface area contributed by atoms with Gasteiger partial charge in [-0.05, 0) is 41.3 Å². The lowest BCUT2D eigenvalue weighted by Gasteiger charge is -2.20. The molecule has 0 bridgehead atoms. The van der Waals surface area contributed by atoms with E-state index in [0.717, 1.165) is 20.7 Å². The van der Waals surface area contributed by atoms with E-state index in [1.165, 1.54) is 11.5 Å². The maximum Gasteiger partial charge on any atom is 0.134 e. The van der Waals surface area contributed by atoms with Crippen LogP contribution in [0, 0.1) is 0 Å². The van der Waals surface area contributed by atoms with Crippen LogP contribution in [0.15, 0.2) is 10.7 Å². The van der Waals surface area contributed by atoms with Gasteiger partial charge in [-0.15, -0.1) is 5.10 Å². The normalized spacial score (nSPS) is 14.0. The van der Waals surface area contributed by atoms with Gasteiger partial charge in [0.2, 0.25) is 0 Å². The first-order valence-electron chi connectivity index (χ1n) is 6.47. The molecule has 0 saturated heterocycles. The minimum absolute atomic E-state index is 0.154. The number of nitrogens with zero attached hydrogens (tertiary/aromatic N) is 4. The zero-order valence-corrected chi connectivity index (χ0v) is 14.7. The molecule has 5 nitrogen and oxygen atoms in total. The number of hydrogen-bond acceptors (Lipinski definition) is 5. The van der Waals surface area contributed by atoms with Gasteiger partial charge in [0.05, 0.1) is 26.9 Å². The van der Waals surface area contributed by atoms with Gasteiger partial charge in [-0.2, -0.15) is 5.10 Å². The van der Waals surface area contributed by atoms with Gasteiger partial charge in [0.25, 0.3) is 0 Å². The molecule has 0 aliphatic heterocycles. The first-order valence-corrected chi connectivity index (χ1v) is 8.03. The molecule has 7 heteroatoms. The standard InChI is InChI=1S/C13H19BrN4OS/c1-7(2)18-9(8(14)6-15-18)10(19)11-12(13(3,4)5)16-17-20-11/h6-7,10,19H,1-5H3. The molecule has 1 N–H and O–H groups in total. The van der Waals surface area contributed by atoms with E-state index >= 15 is 0 Å². The van der Waals surface area contributed by atoms with Crippen LogP contribution in [-0.2, 0) is 5.41 Å². The molecule has 0 amide bonds. The van der Waals surface area contributed by atoms with Crippen molar-refractivity contribution in [3.05, 3.63) is 26.9 Å². The molecule has 0 fully saturated rings. The molecule has 110 valence electrons. The fraction of sp³-hybridized carbons (Fsp3) is 0.615.